The van der Waals surface area contributed by atoms with E-state index in [0.717, 1.165) is 11.3 Å². The van der Waals surface area contributed by atoms with Crippen LogP contribution in [0.3, 0.4) is 0 Å². The van der Waals surface area contributed by atoms with Crippen LogP contribution in [0.1, 0.15) is 22.9 Å². The molecule has 0 spiro atoms. The van der Waals surface area contributed by atoms with Gasteiger partial charge in [-0.05, 0) is 31.0 Å². The fraction of sp³-hybridized carbons (Fsp3) is 0.286. The zero-order valence-corrected chi connectivity index (χ0v) is 10.4. The summed E-state index contributed by atoms with van der Waals surface area (Å²) >= 11 is 0. The average molecular weight is 249 g/mol. The van der Waals surface area contributed by atoms with Crippen LogP contribution in [-0.4, -0.2) is 7.11 Å². The van der Waals surface area contributed by atoms with Gasteiger partial charge in [0, 0.05) is 11.6 Å². The summed E-state index contributed by atoms with van der Waals surface area (Å²) in [5.74, 6) is 0.658. The van der Waals surface area contributed by atoms with Crippen LogP contribution < -0.4 is 10.5 Å². The monoisotopic (exact) mass is 249 g/mol. The number of methoxy groups -OCH3 is 1. The van der Waals surface area contributed by atoms with Crippen molar-refractivity contribution in [2.75, 3.05) is 7.11 Å². The number of nitrogens with two attached hydrogens (primary N) is 1. The molecule has 1 aromatic heterocycles. The molecule has 0 saturated carbocycles. The van der Waals surface area contributed by atoms with Crippen molar-refractivity contribution in [3.05, 3.63) is 53.2 Å². The van der Waals surface area contributed by atoms with Crippen LogP contribution in [-0.2, 0) is 6.42 Å². The number of halogens is 1. The predicted octanol–water partition coefficient (Wildman–Crippen LogP) is 2.98. The van der Waals surface area contributed by atoms with Crippen molar-refractivity contribution >= 4 is 0 Å². The molecule has 2 aromatic rings. The Kier molecular flexibility index (Phi) is 3.67. The molecule has 96 valence electrons. The van der Waals surface area contributed by atoms with E-state index in [1.54, 1.807) is 24.5 Å². The number of rotatable bonds is 4. The fourth-order valence-corrected chi connectivity index (χ4v) is 2.00. The molecule has 0 fully saturated rings. The maximum Gasteiger partial charge on any atom is 0.168 e. The number of furan rings is 1. The number of ether oxygens (including phenoxy) is 1. The predicted molar refractivity (Wildman–Crippen MR) is 67.0 cm³/mol. The van der Waals surface area contributed by atoms with E-state index in [0.29, 0.717) is 12.0 Å². The summed E-state index contributed by atoms with van der Waals surface area (Å²) in [7, 11) is 1.45. The molecule has 18 heavy (non-hydrogen) atoms. The largest absolute Gasteiger partial charge is 0.494 e. The molecular weight excluding hydrogens is 233 g/mol. The van der Waals surface area contributed by atoms with Crippen molar-refractivity contribution < 1.29 is 13.5 Å². The van der Waals surface area contributed by atoms with Gasteiger partial charge in [0.05, 0.1) is 13.4 Å². The van der Waals surface area contributed by atoms with Gasteiger partial charge in [-0.2, -0.15) is 0 Å². The summed E-state index contributed by atoms with van der Waals surface area (Å²) in [4.78, 5) is 0. The summed E-state index contributed by atoms with van der Waals surface area (Å²) in [6, 6.07) is 6.59. The van der Waals surface area contributed by atoms with Crippen LogP contribution in [0.25, 0.3) is 0 Å². The van der Waals surface area contributed by atoms with Crippen LogP contribution in [0.2, 0.25) is 0 Å². The van der Waals surface area contributed by atoms with Gasteiger partial charge in [-0.1, -0.05) is 12.1 Å². The number of aryl methyl sites for hydroxylation is 1. The van der Waals surface area contributed by atoms with E-state index in [2.05, 4.69) is 0 Å². The third-order valence-electron chi connectivity index (χ3n) is 3.00. The fourth-order valence-electron chi connectivity index (χ4n) is 2.00. The van der Waals surface area contributed by atoms with E-state index < -0.39 is 0 Å². The Morgan fingerprint density at radius 1 is 1.39 bits per heavy atom. The molecule has 0 aliphatic carbocycles. The molecule has 1 unspecified atom stereocenters. The van der Waals surface area contributed by atoms with Gasteiger partial charge in [-0.3, -0.25) is 0 Å². The second-order valence-electron chi connectivity index (χ2n) is 4.18. The van der Waals surface area contributed by atoms with Crippen molar-refractivity contribution in [1.82, 2.24) is 0 Å². The molecule has 3 nitrogen and oxygen atoms in total. The maximum absolute atomic E-state index is 14.0. The summed E-state index contributed by atoms with van der Waals surface area (Å²) < 4.78 is 24.1. The highest BCUT2D eigenvalue weighted by Gasteiger charge is 2.16. The highest BCUT2D eigenvalue weighted by molar-refractivity contribution is 5.33. The van der Waals surface area contributed by atoms with E-state index in [-0.39, 0.29) is 17.6 Å². The number of benzene rings is 1. The highest BCUT2D eigenvalue weighted by Crippen LogP contribution is 2.25. The van der Waals surface area contributed by atoms with Gasteiger partial charge >= 0.3 is 0 Å². The summed E-state index contributed by atoms with van der Waals surface area (Å²) in [5, 5.41) is 0. The lowest BCUT2D eigenvalue weighted by atomic mass is 9.99. The van der Waals surface area contributed by atoms with Gasteiger partial charge in [0.2, 0.25) is 0 Å². The number of hydrogen-bond donors (Lipinski definition) is 1. The molecule has 1 aromatic carbocycles. The van der Waals surface area contributed by atoms with Gasteiger partial charge in [0.15, 0.2) is 11.6 Å². The van der Waals surface area contributed by atoms with Crippen molar-refractivity contribution in [3.63, 3.8) is 0 Å². The summed E-state index contributed by atoms with van der Waals surface area (Å²) in [6.45, 7) is 1.84. The Labute approximate surface area is 105 Å². The number of hydrogen-bond acceptors (Lipinski definition) is 3. The van der Waals surface area contributed by atoms with E-state index in [1.165, 1.54) is 7.11 Å². The Morgan fingerprint density at radius 3 is 2.78 bits per heavy atom. The van der Waals surface area contributed by atoms with Crippen molar-refractivity contribution in [2.45, 2.75) is 19.4 Å². The third-order valence-corrected chi connectivity index (χ3v) is 3.00. The summed E-state index contributed by atoms with van der Waals surface area (Å²) in [5.41, 5.74) is 7.51. The van der Waals surface area contributed by atoms with Crippen molar-refractivity contribution in [2.24, 2.45) is 5.73 Å². The minimum Gasteiger partial charge on any atom is -0.494 e. The molecule has 0 aliphatic heterocycles. The Bertz CT molecular complexity index is 536. The van der Waals surface area contributed by atoms with Crippen molar-refractivity contribution in [1.29, 1.82) is 0 Å². The van der Waals surface area contributed by atoms with E-state index >= 15 is 0 Å². The smallest absolute Gasteiger partial charge is 0.168 e. The third kappa shape index (κ3) is 2.38. The molecule has 0 radical (unpaired) electrons. The lowest BCUT2D eigenvalue weighted by molar-refractivity contribution is 0.383. The standard InChI is InChI=1S/C14H16FNO2/c1-9-11(6-7-18-9)12(16)8-10-4-3-5-13(17-2)14(10)15/h3-7,12H,8,16H2,1-2H3. The lowest BCUT2D eigenvalue weighted by Crippen LogP contribution is -2.14. The average Bonchev–Trinajstić information content (AvgIpc) is 2.78. The first kappa shape index (κ1) is 12.6. The maximum atomic E-state index is 14.0. The first-order valence-electron chi connectivity index (χ1n) is 5.74. The molecule has 1 heterocycles. The Morgan fingerprint density at radius 2 is 2.17 bits per heavy atom. The highest BCUT2D eigenvalue weighted by atomic mass is 19.1. The molecule has 4 heteroatoms. The van der Waals surface area contributed by atoms with Gasteiger partial charge in [-0.15, -0.1) is 0 Å². The summed E-state index contributed by atoms with van der Waals surface area (Å²) in [6.07, 6.45) is 2.00. The van der Waals surface area contributed by atoms with Gasteiger partial charge in [0.1, 0.15) is 5.76 Å². The van der Waals surface area contributed by atoms with Gasteiger partial charge in [-0.25, -0.2) is 4.39 Å². The minimum absolute atomic E-state index is 0.239. The first-order valence-corrected chi connectivity index (χ1v) is 5.74. The Balaban J connectivity index is 2.22. The van der Waals surface area contributed by atoms with Gasteiger partial charge in [0.25, 0.3) is 0 Å². The molecule has 1 atom stereocenters. The molecule has 2 rings (SSSR count). The molecule has 0 aliphatic rings. The zero-order valence-electron chi connectivity index (χ0n) is 10.4. The zero-order chi connectivity index (χ0) is 13.1. The van der Waals surface area contributed by atoms with Crippen LogP contribution in [0, 0.1) is 12.7 Å². The van der Waals surface area contributed by atoms with Crippen LogP contribution in [0.4, 0.5) is 4.39 Å². The van der Waals surface area contributed by atoms with E-state index in [9.17, 15) is 4.39 Å². The lowest BCUT2D eigenvalue weighted by Gasteiger charge is -2.13. The molecule has 0 saturated heterocycles. The Hall–Kier alpha value is -1.81. The van der Waals surface area contributed by atoms with Crippen molar-refractivity contribution in [3.8, 4) is 5.75 Å². The van der Waals surface area contributed by atoms with Crippen LogP contribution >= 0.6 is 0 Å². The van der Waals surface area contributed by atoms with Crippen LogP contribution in [0.5, 0.6) is 5.75 Å². The second-order valence-corrected chi connectivity index (χ2v) is 4.18. The van der Waals surface area contributed by atoms with E-state index in [1.807, 2.05) is 13.0 Å². The van der Waals surface area contributed by atoms with Crippen LogP contribution in [0.15, 0.2) is 34.9 Å². The SMILES string of the molecule is COc1cccc(CC(N)c2ccoc2C)c1F. The molecular formula is C14H16FNO2. The topological polar surface area (TPSA) is 48.4 Å². The normalized spacial score (nSPS) is 12.4. The van der Waals surface area contributed by atoms with Gasteiger partial charge < -0.3 is 14.9 Å². The second kappa shape index (κ2) is 5.23. The first-order chi connectivity index (χ1) is 8.63. The molecule has 0 bridgehead atoms. The minimum atomic E-state index is -0.350. The molecule has 2 N–H and O–H groups in total. The molecule has 0 amide bonds. The quantitative estimate of drug-likeness (QED) is 0.906. The van der Waals surface area contributed by atoms with E-state index in [4.69, 9.17) is 14.9 Å².